The molecule has 0 atom stereocenters. The van der Waals surface area contributed by atoms with Crippen LogP contribution in [-0.2, 0) is 0 Å². The quantitative estimate of drug-likeness (QED) is 0.303. The van der Waals surface area contributed by atoms with Crippen molar-refractivity contribution in [2.75, 3.05) is 0 Å². The molecule has 4 aromatic carbocycles. The van der Waals surface area contributed by atoms with Gasteiger partial charge in [-0.1, -0.05) is 114 Å². The summed E-state index contributed by atoms with van der Waals surface area (Å²) >= 11 is 0. The first-order chi connectivity index (χ1) is 12.4. The standard InChI is InChI=1S/C21H16.2C2H6.CH4/c1-15-17-11-5-7-13-19(17)21(16-9-3-2-4-10-16)20-14-8-6-12-18(15)20;2*1-2;/h2-14H,1H3;2*1-2H3;1H4. The zero-order chi connectivity index (χ0) is 18.2. The van der Waals surface area contributed by atoms with Gasteiger partial charge in [-0.3, -0.25) is 0 Å². The molecule has 0 aromatic heterocycles. The van der Waals surface area contributed by atoms with Crippen molar-refractivity contribution < 1.29 is 0 Å². The lowest BCUT2D eigenvalue weighted by molar-refractivity contribution is 1.50. The van der Waals surface area contributed by atoms with Crippen LogP contribution in [0.2, 0.25) is 0 Å². The summed E-state index contributed by atoms with van der Waals surface area (Å²) in [5.41, 5.74) is 3.98. The summed E-state index contributed by atoms with van der Waals surface area (Å²) in [6, 6.07) is 28.1. The SMILES string of the molecule is C.CC.CC.Cc1c2ccccc2c(-c2ccccc2)c2ccccc12. The average molecular weight is 345 g/mol. The van der Waals surface area contributed by atoms with Gasteiger partial charge in [0.2, 0.25) is 0 Å². The van der Waals surface area contributed by atoms with E-state index in [9.17, 15) is 0 Å². The van der Waals surface area contributed by atoms with Crippen molar-refractivity contribution >= 4 is 21.5 Å². The summed E-state index contributed by atoms with van der Waals surface area (Å²) in [4.78, 5) is 0. The molecule has 0 fully saturated rings. The molecule has 0 aliphatic carbocycles. The van der Waals surface area contributed by atoms with E-state index in [-0.39, 0.29) is 7.43 Å². The van der Waals surface area contributed by atoms with E-state index in [1.807, 2.05) is 27.7 Å². The Morgan fingerprint density at radius 3 is 1.23 bits per heavy atom. The normalized spacial score (nSPS) is 9.42. The van der Waals surface area contributed by atoms with Gasteiger partial charge in [0.15, 0.2) is 0 Å². The maximum Gasteiger partial charge on any atom is -0.00266 e. The molecule has 0 saturated carbocycles. The second kappa shape index (κ2) is 10.4. The van der Waals surface area contributed by atoms with Crippen molar-refractivity contribution in [3.63, 3.8) is 0 Å². The van der Waals surface area contributed by atoms with E-state index in [4.69, 9.17) is 0 Å². The van der Waals surface area contributed by atoms with E-state index in [0.29, 0.717) is 0 Å². The Bertz CT molecular complexity index is 877. The molecule has 0 unspecified atom stereocenters. The first kappa shape index (κ1) is 21.4. The summed E-state index contributed by atoms with van der Waals surface area (Å²) in [5.74, 6) is 0. The van der Waals surface area contributed by atoms with Gasteiger partial charge in [0, 0.05) is 0 Å². The largest absolute Gasteiger partial charge is 0.0776 e. The van der Waals surface area contributed by atoms with Gasteiger partial charge in [-0.2, -0.15) is 0 Å². The Hall–Kier alpha value is -2.60. The molecule has 0 aliphatic rings. The van der Waals surface area contributed by atoms with Gasteiger partial charge < -0.3 is 0 Å². The Morgan fingerprint density at radius 1 is 0.462 bits per heavy atom. The summed E-state index contributed by atoms with van der Waals surface area (Å²) in [6.45, 7) is 10.2. The topological polar surface area (TPSA) is 0 Å². The van der Waals surface area contributed by atoms with E-state index < -0.39 is 0 Å². The van der Waals surface area contributed by atoms with Crippen LogP contribution in [0.4, 0.5) is 0 Å². The molecular formula is C26H32. The molecule has 136 valence electrons. The van der Waals surface area contributed by atoms with Crippen molar-refractivity contribution in [2.24, 2.45) is 0 Å². The molecule has 0 aliphatic heterocycles. The van der Waals surface area contributed by atoms with Gasteiger partial charge >= 0.3 is 0 Å². The van der Waals surface area contributed by atoms with E-state index in [1.165, 1.54) is 38.2 Å². The molecule has 0 saturated heterocycles. The fourth-order valence-electron chi connectivity index (χ4n) is 3.26. The lowest BCUT2D eigenvalue weighted by Crippen LogP contribution is -1.88. The predicted molar refractivity (Wildman–Crippen MR) is 121 cm³/mol. The highest BCUT2D eigenvalue weighted by Gasteiger charge is 2.11. The van der Waals surface area contributed by atoms with Crippen molar-refractivity contribution in [3.8, 4) is 11.1 Å². The predicted octanol–water partition coefficient (Wildman–Crippen LogP) is 8.66. The molecule has 0 spiro atoms. The number of hydrogen-bond donors (Lipinski definition) is 0. The zero-order valence-electron chi connectivity index (χ0n) is 16.0. The summed E-state index contributed by atoms with van der Waals surface area (Å²) < 4.78 is 0. The summed E-state index contributed by atoms with van der Waals surface area (Å²) in [5, 5.41) is 5.35. The van der Waals surface area contributed by atoms with Gasteiger partial charge in [-0.05, 0) is 45.2 Å². The summed E-state index contributed by atoms with van der Waals surface area (Å²) in [6.07, 6.45) is 0. The molecule has 26 heavy (non-hydrogen) atoms. The first-order valence-electron chi connectivity index (χ1n) is 9.32. The summed E-state index contributed by atoms with van der Waals surface area (Å²) in [7, 11) is 0. The minimum atomic E-state index is 0. The zero-order valence-corrected chi connectivity index (χ0v) is 16.0. The van der Waals surface area contributed by atoms with E-state index in [1.54, 1.807) is 0 Å². The number of aryl methyl sites for hydroxylation is 1. The molecule has 0 bridgehead atoms. The average Bonchev–Trinajstić information content (AvgIpc) is 2.72. The molecule has 0 nitrogen and oxygen atoms in total. The van der Waals surface area contributed by atoms with Crippen LogP contribution >= 0.6 is 0 Å². The highest BCUT2D eigenvalue weighted by Crippen LogP contribution is 2.38. The molecule has 0 N–H and O–H groups in total. The lowest BCUT2D eigenvalue weighted by atomic mass is 9.89. The van der Waals surface area contributed by atoms with Crippen LogP contribution in [0.3, 0.4) is 0 Å². The van der Waals surface area contributed by atoms with Gasteiger partial charge in [-0.15, -0.1) is 0 Å². The highest BCUT2D eigenvalue weighted by atomic mass is 14.1. The molecule has 4 rings (SSSR count). The van der Waals surface area contributed by atoms with Gasteiger partial charge in [0.05, 0.1) is 0 Å². The van der Waals surface area contributed by atoms with E-state index >= 15 is 0 Å². The molecule has 0 radical (unpaired) electrons. The molecule has 4 aromatic rings. The highest BCUT2D eigenvalue weighted by molar-refractivity contribution is 6.14. The second-order valence-corrected chi connectivity index (χ2v) is 5.46. The monoisotopic (exact) mass is 344 g/mol. The maximum absolute atomic E-state index is 2.23. The third-order valence-corrected chi connectivity index (χ3v) is 4.26. The number of benzene rings is 4. The van der Waals surface area contributed by atoms with Gasteiger partial charge in [-0.25, -0.2) is 0 Å². The number of hydrogen-bond acceptors (Lipinski definition) is 0. The minimum Gasteiger partial charge on any atom is -0.0776 e. The maximum atomic E-state index is 2.23. The smallest absolute Gasteiger partial charge is 0.00266 e. The second-order valence-electron chi connectivity index (χ2n) is 5.46. The van der Waals surface area contributed by atoms with Crippen molar-refractivity contribution in [1.82, 2.24) is 0 Å². The minimum absolute atomic E-state index is 0. The Kier molecular flexibility index (Phi) is 8.58. The van der Waals surface area contributed by atoms with Gasteiger partial charge in [0.1, 0.15) is 0 Å². The molecule has 0 heterocycles. The van der Waals surface area contributed by atoms with Crippen molar-refractivity contribution in [3.05, 3.63) is 84.4 Å². The fraction of sp³-hybridized carbons (Fsp3) is 0.231. The van der Waals surface area contributed by atoms with Crippen molar-refractivity contribution in [2.45, 2.75) is 42.0 Å². The lowest BCUT2D eigenvalue weighted by Gasteiger charge is -2.15. The van der Waals surface area contributed by atoms with Crippen LogP contribution in [0.1, 0.15) is 40.7 Å². The van der Waals surface area contributed by atoms with Crippen LogP contribution in [0, 0.1) is 6.92 Å². The third kappa shape index (κ3) is 3.96. The van der Waals surface area contributed by atoms with Crippen LogP contribution in [0.5, 0.6) is 0 Å². The first-order valence-corrected chi connectivity index (χ1v) is 9.32. The Balaban J connectivity index is 0.000000635. The van der Waals surface area contributed by atoms with Crippen LogP contribution < -0.4 is 0 Å². The molecule has 0 amide bonds. The van der Waals surface area contributed by atoms with Crippen molar-refractivity contribution in [1.29, 1.82) is 0 Å². The number of fused-ring (bicyclic) bond motifs is 2. The Morgan fingerprint density at radius 2 is 0.808 bits per heavy atom. The fourth-order valence-corrected chi connectivity index (χ4v) is 3.26. The van der Waals surface area contributed by atoms with Gasteiger partial charge in [0.25, 0.3) is 0 Å². The van der Waals surface area contributed by atoms with Crippen LogP contribution in [0.25, 0.3) is 32.7 Å². The molecular weight excluding hydrogens is 312 g/mol. The van der Waals surface area contributed by atoms with E-state index in [0.717, 1.165) is 0 Å². The van der Waals surface area contributed by atoms with Crippen LogP contribution in [-0.4, -0.2) is 0 Å². The molecule has 0 heteroatoms. The number of rotatable bonds is 1. The van der Waals surface area contributed by atoms with E-state index in [2.05, 4.69) is 85.8 Å². The van der Waals surface area contributed by atoms with Crippen LogP contribution in [0.15, 0.2) is 78.9 Å². The third-order valence-electron chi connectivity index (χ3n) is 4.26. The Labute approximate surface area is 159 Å².